The second kappa shape index (κ2) is 9.12. The van der Waals surface area contributed by atoms with Crippen LogP contribution in [0.25, 0.3) is 5.57 Å². The van der Waals surface area contributed by atoms with E-state index in [4.69, 9.17) is 5.73 Å². The van der Waals surface area contributed by atoms with Gasteiger partial charge in [-0.25, -0.2) is 13.4 Å². The molecular formula is C25H24N4O3S2. The highest BCUT2D eigenvalue weighted by atomic mass is 32.2. The Hall–Kier alpha value is -3.35. The summed E-state index contributed by atoms with van der Waals surface area (Å²) in [5.74, 6) is -0.813. The van der Waals surface area contributed by atoms with Crippen LogP contribution in [0.2, 0.25) is 0 Å². The average molecular weight is 493 g/mol. The zero-order valence-corrected chi connectivity index (χ0v) is 20.7. The topological polar surface area (TPSA) is 117 Å². The van der Waals surface area contributed by atoms with Crippen LogP contribution in [0.4, 0.5) is 0 Å². The van der Waals surface area contributed by atoms with Crippen LogP contribution in [-0.4, -0.2) is 37.5 Å². The number of allylic oxidation sites excluding steroid dienone is 2. The molecular weight excluding hydrogens is 468 g/mol. The van der Waals surface area contributed by atoms with Gasteiger partial charge in [0, 0.05) is 18.4 Å². The molecule has 0 spiro atoms. The van der Waals surface area contributed by atoms with Gasteiger partial charge in [-0.3, -0.25) is 9.69 Å². The molecule has 9 heteroatoms. The number of carbonyl (C=O) groups excluding carboxylic acids is 1. The summed E-state index contributed by atoms with van der Waals surface area (Å²) in [5, 5.41) is 10.7. The third-order valence-electron chi connectivity index (χ3n) is 5.93. The van der Waals surface area contributed by atoms with E-state index in [1.165, 1.54) is 16.7 Å². The van der Waals surface area contributed by atoms with Crippen molar-refractivity contribution in [2.75, 3.05) is 7.05 Å². The van der Waals surface area contributed by atoms with E-state index in [2.05, 4.69) is 11.1 Å². The number of hydrogen-bond donors (Lipinski definition) is 1. The zero-order chi connectivity index (χ0) is 24.6. The van der Waals surface area contributed by atoms with Crippen molar-refractivity contribution in [3.8, 4) is 6.07 Å². The summed E-state index contributed by atoms with van der Waals surface area (Å²) in [5.41, 5.74) is 9.81. The van der Waals surface area contributed by atoms with E-state index < -0.39 is 21.0 Å². The van der Waals surface area contributed by atoms with Crippen molar-refractivity contribution < 1.29 is 13.2 Å². The molecule has 0 radical (unpaired) electrons. The number of rotatable bonds is 4. The summed E-state index contributed by atoms with van der Waals surface area (Å²) >= 11 is 1.49. The number of nitriles is 1. The molecule has 0 saturated carbocycles. The van der Waals surface area contributed by atoms with Crippen molar-refractivity contribution in [3.05, 3.63) is 81.2 Å². The fourth-order valence-corrected chi connectivity index (χ4v) is 5.93. The van der Waals surface area contributed by atoms with E-state index in [0.29, 0.717) is 23.2 Å². The first-order chi connectivity index (χ1) is 16.1. The number of sulfone groups is 1. The van der Waals surface area contributed by atoms with Gasteiger partial charge in [-0.1, -0.05) is 36.0 Å². The number of amides is 1. The van der Waals surface area contributed by atoms with Crippen LogP contribution in [0.3, 0.4) is 0 Å². The van der Waals surface area contributed by atoms with Gasteiger partial charge >= 0.3 is 0 Å². The predicted octanol–water partition coefficient (Wildman–Crippen LogP) is 4.00. The predicted molar refractivity (Wildman–Crippen MR) is 134 cm³/mol. The van der Waals surface area contributed by atoms with E-state index in [0.717, 1.165) is 16.0 Å². The van der Waals surface area contributed by atoms with Crippen LogP contribution in [0, 0.1) is 11.3 Å². The molecule has 1 atom stereocenters. The van der Waals surface area contributed by atoms with Gasteiger partial charge in [0.2, 0.25) is 11.9 Å². The quantitative estimate of drug-likeness (QED) is 0.689. The monoisotopic (exact) mass is 492 g/mol. The van der Waals surface area contributed by atoms with Crippen LogP contribution < -0.4 is 5.73 Å². The summed E-state index contributed by atoms with van der Waals surface area (Å²) in [7, 11) is -1.85. The maximum absolute atomic E-state index is 13.3. The summed E-state index contributed by atoms with van der Waals surface area (Å²) < 4.78 is 25.0. The lowest BCUT2D eigenvalue weighted by Crippen LogP contribution is -2.45. The van der Waals surface area contributed by atoms with Gasteiger partial charge in [0.05, 0.1) is 27.5 Å². The van der Waals surface area contributed by atoms with Crippen LogP contribution in [0.1, 0.15) is 42.9 Å². The van der Waals surface area contributed by atoms with E-state index in [-0.39, 0.29) is 16.8 Å². The Bertz CT molecular complexity index is 1400. The summed E-state index contributed by atoms with van der Waals surface area (Å²) in [6, 6.07) is 16.0. The minimum absolute atomic E-state index is 0.114. The SMILES string of the molecule is CC(C)S(=O)(=O)c1ccc([C@H]2C(=O)N(C)C(N)=N/C2=C2\CC(c3cccc(C#N)c3)=CS2)cc1. The third-order valence-corrected chi connectivity index (χ3v) is 9.15. The number of carbonyl (C=O) groups is 1. The molecule has 2 aromatic rings. The Labute approximate surface area is 203 Å². The molecule has 0 aromatic heterocycles. The van der Waals surface area contributed by atoms with Crippen LogP contribution in [0.15, 0.2) is 74.4 Å². The first kappa shape index (κ1) is 23.8. The molecule has 2 N–H and O–H groups in total. The van der Waals surface area contributed by atoms with Crippen LogP contribution >= 0.6 is 11.8 Å². The molecule has 2 aliphatic heterocycles. The second-order valence-corrected chi connectivity index (χ2v) is 11.9. The molecule has 0 bridgehead atoms. The Morgan fingerprint density at radius 3 is 2.56 bits per heavy atom. The van der Waals surface area contributed by atoms with E-state index >= 15 is 0 Å². The molecule has 174 valence electrons. The van der Waals surface area contributed by atoms with Gasteiger partial charge in [-0.15, -0.1) is 0 Å². The highest BCUT2D eigenvalue weighted by Gasteiger charge is 2.36. The lowest BCUT2D eigenvalue weighted by molar-refractivity contribution is -0.127. The molecule has 0 aliphatic carbocycles. The number of nitrogens with zero attached hydrogens (tertiary/aromatic N) is 3. The highest BCUT2D eigenvalue weighted by molar-refractivity contribution is 8.06. The van der Waals surface area contributed by atoms with E-state index in [9.17, 15) is 18.5 Å². The number of hydrogen-bond acceptors (Lipinski definition) is 7. The minimum Gasteiger partial charge on any atom is -0.369 e. The Morgan fingerprint density at radius 1 is 1.21 bits per heavy atom. The molecule has 0 fully saturated rings. The summed E-state index contributed by atoms with van der Waals surface area (Å²) in [4.78, 5) is 20.3. The number of nitrogens with two attached hydrogens (primary N) is 1. The zero-order valence-electron chi connectivity index (χ0n) is 19.0. The Kier molecular flexibility index (Phi) is 6.39. The molecule has 1 amide bonds. The van der Waals surface area contributed by atoms with Gasteiger partial charge in [-0.2, -0.15) is 5.26 Å². The number of aliphatic imine (C=N–C) groups is 1. The van der Waals surface area contributed by atoms with Crippen molar-refractivity contribution >= 4 is 39.0 Å². The molecule has 34 heavy (non-hydrogen) atoms. The minimum atomic E-state index is -3.42. The highest BCUT2D eigenvalue weighted by Crippen LogP contribution is 2.45. The summed E-state index contributed by atoms with van der Waals surface area (Å²) in [6.45, 7) is 3.27. The number of guanidine groups is 1. The largest absolute Gasteiger partial charge is 0.369 e. The number of thioether (sulfide) groups is 1. The third kappa shape index (κ3) is 4.27. The Morgan fingerprint density at radius 2 is 1.91 bits per heavy atom. The van der Waals surface area contributed by atoms with E-state index in [1.54, 1.807) is 51.2 Å². The fourth-order valence-electron chi connectivity index (χ4n) is 3.84. The molecule has 0 saturated heterocycles. The standard InChI is InChI=1S/C25H24N4O3S2/c1-15(2)34(31,32)20-9-7-17(8-10-20)22-23(28-25(27)29(3)24(22)30)21-12-19(14-33-21)18-6-4-5-16(11-18)13-26/h4-11,14-15,22H,12H2,1-3H3,(H2,27,28)/b23-21+/t22-/m1/s1. The maximum atomic E-state index is 13.3. The normalized spacial score (nSPS) is 20.9. The van der Waals surface area contributed by atoms with Crippen molar-refractivity contribution in [2.24, 2.45) is 10.7 Å². The van der Waals surface area contributed by atoms with Crippen molar-refractivity contribution in [3.63, 3.8) is 0 Å². The van der Waals surface area contributed by atoms with Crippen LogP contribution in [0.5, 0.6) is 0 Å². The lowest BCUT2D eigenvalue weighted by atomic mass is 9.91. The molecule has 2 aliphatic rings. The van der Waals surface area contributed by atoms with Crippen molar-refractivity contribution in [1.29, 1.82) is 5.26 Å². The van der Waals surface area contributed by atoms with Gasteiger partial charge < -0.3 is 5.73 Å². The smallest absolute Gasteiger partial charge is 0.242 e. The lowest BCUT2D eigenvalue weighted by Gasteiger charge is -2.30. The number of likely N-dealkylation sites (N-methyl/N-ethyl adjacent to an activating group) is 1. The van der Waals surface area contributed by atoms with Gasteiger partial charge in [0.1, 0.15) is 5.92 Å². The first-order valence-corrected chi connectivity index (χ1v) is 13.1. The van der Waals surface area contributed by atoms with Crippen molar-refractivity contribution in [2.45, 2.75) is 36.3 Å². The van der Waals surface area contributed by atoms with Crippen LogP contribution in [-0.2, 0) is 14.6 Å². The fraction of sp³-hybridized carbons (Fsp3) is 0.240. The van der Waals surface area contributed by atoms with E-state index in [1.807, 2.05) is 23.6 Å². The average Bonchev–Trinajstić information content (AvgIpc) is 3.32. The molecule has 7 nitrogen and oxygen atoms in total. The van der Waals surface area contributed by atoms with Gasteiger partial charge in [-0.05, 0) is 60.2 Å². The molecule has 2 aromatic carbocycles. The van der Waals surface area contributed by atoms with Gasteiger partial charge in [0.25, 0.3) is 0 Å². The number of benzene rings is 2. The molecule has 0 unspecified atom stereocenters. The maximum Gasteiger partial charge on any atom is 0.242 e. The molecule has 4 rings (SSSR count). The Balaban J connectivity index is 1.73. The van der Waals surface area contributed by atoms with Gasteiger partial charge in [0.15, 0.2) is 9.84 Å². The first-order valence-electron chi connectivity index (χ1n) is 10.7. The molecule has 2 heterocycles. The second-order valence-electron chi connectivity index (χ2n) is 8.40. The van der Waals surface area contributed by atoms with Crippen molar-refractivity contribution in [1.82, 2.24) is 4.90 Å². The summed E-state index contributed by atoms with van der Waals surface area (Å²) in [6.07, 6.45) is 0.555.